The highest BCUT2D eigenvalue weighted by molar-refractivity contribution is 7.30. The predicted molar refractivity (Wildman–Crippen MR) is 40.1 cm³/mol. The molecule has 11 heavy (non-hydrogen) atoms. The molecule has 0 bridgehead atoms. The van der Waals surface area contributed by atoms with E-state index in [0.717, 1.165) is 0 Å². The summed E-state index contributed by atoms with van der Waals surface area (Å²) in [6.45, 7) is 2.09. The van der Waals surface area contributed by atoms with Gasteiger partial charge in [0.25, 0.3) is 0 Å². The lowest BCUT2D eigenvalue weighted by Gasteiger charge is -2.02. The molecule has 5 N–H and O–H groups in total. The highest BCUT2D eigenvalue weighted by Gasteiger charge is 1.87. The van der Waals surface area contributed by atoms with Crippen molar-refractivity contribution in [3.8, 4) is 0 Å². The lowest BCUT2D eigenvalue weighted by Crippen LogP contribution is -2.20. The molecule has 1 unspecified atom stereocenters. The van der Waals surface area contributed by atoms with E-state index in [1.807, 2.05) is 0 Å². The van der Waals surface area contributed by atoms with Crippen molar-refractivity contribution in [1.29, 1.82) is 0 Å². The minimum atomic E-state index is -3.13. The summed E-state index contributed by atoms with van der Waals surface area (Å²) in [5, 5.41) is 8.13. The number of aliphatic hydroxyl groups is 1. The zero-order valence-electron chi connectivity index (χ0n) is 6.23. The van der Waals surface area contributed by atoms with Gasteiger partial charge in [-0.05, 0) is 6.92 Å². The van der Waals surface area contributed by atoms with Gasteiger partial charge in [0.2, 0.25) is 0 Å². The Hall–Kier alpha value is 0.0300. The molecule has 0 aromatic rings. The van der Waals surface area contributed by atoms with Gasteiger partial charge >= 0.3 is 8.25 Å². The van der Waals surface area contributed by atoms with Crippen LogP contribution in [0.15, 0.2) is 0 Å². The molecule has 6 nitrogen and oxygen atoms in total. The molecule has 0 aliphatic heterocycles. The number of hydrogen-bond donors (Lipinski definition) is 4. The van der Waals surface area contributed by atoms with Crippen molar-refractivity contribution in [2.75, 3.05) is 13.2 Å². The molecule has 0 rings (SSSR count). The molecule has 0 saturated heterocycles. The molecule has 0 radical (unpaired) electrons. The molecule has 0 amide bonds. The van der Waals surface area contributed by atoms with Crippen LogP contribution in [0.25, 0.3) is 0 Å². The average molecular weight is 187 g/mol. The first kappa shape index (κ1) is 13.6. The maximum atomic E-state index is 8.74. The fraction of sp³-hybridized carbons (Fsp3) is 1.00. The van der Waals surface area contributed by atoms with E-state index in [1.165, 1.54) is 0 Å². The number of aliphatic hydroxyl groups excluding tert-OH is 1. The fourth-order valence-electron chi connectivity index (χ4n) is 0.239. The summed E-state index contributed by atoms with van der Waals surface area (Å²) in [7, 11) is -3.13. The van der Waals surface area contributed by atoms with E-state index in [2.05, 4.69) is 0 Å². The van der Waals surface area contributed by atoms with E-state index in [4.69, 9.17) is 29.9 Å². The first-order valence-electron chi connectivity index (χ1n) is 2.90. The van der Waals surface area contributed by atoms with Gasteiger partial charge in [0.05, 0.1) is 13.2 Å². The van der Waals surface area contributed by atoms with Crippen LogP contribution >= 0.6 is 8.25 Å². The van der Waals surface area contributed by atoms with Gasteiger partial charge in [-0.15, -0.1) is 0 Å². The molecule has 7 heteroatoms. The summed E-state index contributed by atoms with van der Waals surface area (Å²) in [5.41, 5.74) is 5.15. The molecule has 0 spiro atoms. The quantitative estimate of drug-likeness (QED) is 0.321. The third-order valence-electron chi connectivity index (χ3n) is 0.472. The lowest BCUT2D eigenvalue weighted by molar-refractivity contribution is 0.0429. The van der Waals surface area contributed by atoms with E-state index in [-0.39, 0.29) is 12.8 Å². The average Bonchev–Trinajstić information content (AvgIpc) is 1.82. The predicted octanol–water partition coefficient (Wildman–Crippen LogP) is -1.34. The van der Waals surface area contributed by atoms with Gasteiger partial charge in [0.15, 0.2) is 0 Å². The summed E-state index contributed by atoms with van der Waals surface area (Å²) in [4.78, 5) is 14.3. The lowest BCUT2D eigenvalue weighted by atomic mass is 10.7. The van der Waals surface area contributed by atoms with Gasteiger partial charge in [0, 0.05) is 0 Å². The summed E-state index contributed by atoms with van der Waals surface area (Å²) in [5.74, 6) is 0. The molecule has 0 aromatic carbocycles. The van der Waals surface area contributed by atoms with Crippen molar-refractivity contribution < 1.29 is 24.2 Å². The van der Waals surface area contributed by atoms with Gasteiger partial charge in [-0.3, -0.25) is 4.57 Å². The number of ether oxygens (including phenoxy) is 1. The largest absolute Gasteiger partial charge is 0.394 e. The van der Waals surface area contributed by atoms with E-state index in [0.29, 0.717) is 6.61 Å². The van der Waals surface area contributed by atoms with Crippen LogP contribution in [0.4, 0.5) is 0 Å². The molecular weight excluding hydrogens is 173 g/mol. The molecule has 0 aliphatic rings. The summed E-state index contributed by atoms with van der Waals surface area (Å²) in [6, 6.07) is 0. The molecule has 0 aliphatic carbocycles. The Morgan fingerprint density at radius 2 is 2.00 bits per heavy atom. The highest BCUT2D eigenvalue weighted by Crippen LogP contribution is 1.98. The van der Waals surface area contributed by atoms with Crippen LogP contribution in [0.5, 0.6) is 0 Å². The van der Waals surface area contributed by atoms with Crippen LogP contribution in [-0.2, 0) is 9.30 Å². The highest BCUT2D eigenvalue weighted by atomic mass is 31.1. The van der Waals surface area contributed by atoms with E-state index >= 15 is 0 Å². The minimum Gasteiger partial charge on any atom is -0.394 e. The van der Waals surface area contributed by atoms with Crippen molar-refractivity contribution in [3.05, 3.63) is 0 Å². The van der Waals surface area contributed by atoms with Crippen molar-refractivity contribution in [2.24, 2.45) is 5.73 Å². The van der Waals surface area contributed by atoms with Gasteiger partial charge in [0.1, 0.15) is 6.23 Å². The van der Waals surface area contributed by atoms with Crippen LogP contribution in [0.3, 0.4) is 0 Å². The Labute approximate surface area is 65.6 Å². The van der Waals surface area contributed by atoms with Crippen LogP contribution in [-0.4, -0.2) is 34.3 Å². The first-order valence-corrected chi connectivity index (χ1v) is 4.21. The van der Waals surface area contributed by atoms with Crippen LogP contribution in [0, 0.1) is 0 Å². The Balaban J connectivity index is 0. The van der Waals surface area contributed by atoms with Crippen LogP contribution in [0.1, 0.15) is 6.92 Å². The topological polar surface area (TPSA) is 113 Å². The normalized spacial score (nSPS) is 12.2. The summed E-state index contributed by atoms with van der Waals surface area (Å²) >= 11 is 0. The van der Waals surface area contributed by atoms with Crippen molar-refractivity contribution in [2.45, 2.75) is 13.2 Å². The Morgan fingerprint density at radius 3 is 2.09 bits per heavy atom. The molecular formula is C4H14NO5P. The Morgan fingerprint density at radius 1 is 1.64 bits per heavy atom. The molecule has 0 saturated carbocycles. The van der Waals surface area contributed by atoms with E-state index in [9.17, 15) is 0 Å². The second-order valence-electron chi connectivity index (χ2n) is 1.58. The third-order valence-corrected chi connectivity index (χ3v) is 0.472. The van der Waals surface area contributed by atoms with Crippen LogP contribution < -0.4 is 5.73 Å². The van der Waals surface area contributed by atoms with E-state index in [1.54, 1.807) is 6.92 Å². The van der Waals surface area contributed by atoms with Crippen molar-refractivity contribution in [3.63, 3.8) is 0 Å². The Bertz CT molecular complexity index is 94.5. The fourth-order valence-corrected chi connectivity index (χ4v) is 0.239. The standard InChI is InChI=1S/C4H11NO2.H3O3P/c1-4(5)7-3-2-6;1-4(2)3/h4,6H,2-3,5H2,1H3;4H,(H2,1,2,3). The second kappa shape index (κ2) is 10.0. The first-order chi connectivity index (χ1) is 5.00. The summed E-state index contributed by atoms with van der Waals surface area (Å²) in [6.07, 6.45) is -0.257. The molecule has 0 fully saturated rings. The zero-order chi connectivity index (χ0) is 9.28. The van der Waals surface area contributed by atoms with Gasteiger partial charge in [-0.2, -0.15) is 0 Å². The smallest absolute Gasteiger partial charge is 0.314 e. The number of rotatable bonds is 3. The second-order valence-corrected chi connectivity index (χ2v) is 2.15. The number of hydrogen-bond acceptors (Lipinski definition) is 4. The SMILES string of the molecule is CC(N)OCCO.O=[PH](O)O. The number of nitrogens with two attached hydrogens (primary N) is 1. The molecule has 1 atom stereocenters. The molecule has 0 aromatic heterocycles. The maximum absolute atomic E-state index is 8.74. The van der Waals surface area contributed by atoms with E-state index < -0.39 is 8.25 Å². The maximum Gasteiger partial charge on any atom is 0.314 e. The van der Waals surface area contributed by atoms with Gasteiger partial charge in [-0.1, -0.05) is 0 Å². The zero-order valence-corrected chi connectivity index (χ0v) is 7.23. The third kappa shape index (κ3) is 39.8. The Kier molecular flexibility index (Phi) is 12.4. The van der Waals surface area contributed by atoms with Crippen molar-refractivity contribution >= 4 is 8.25 Å². The van der Waals surface area contributed by atoms with Crippen LogP contribution in [0.2, 0.25) is 0 Å². The van der Waals surface area contributed by atoms with Crippen molar-refractivity contribution in [1.82, 2.24) is 0 Å². The minimum absolute atomic E-state index is 0.0432. The molecule has 70 valence electrons. The molecule has 0 heterocycles. The summed E-state index contributed by atoms with van der Waals surface area (Å²) < 4.78 is 13.5. The van der Waals surface area contributed by atoms with Gasteiger partial charge < -0.3 is 25.4 Å². The monoisotopic (exact) mass is 187 g/mol. The van der Waals surface area contributed by atoms with Gasteiger partial charge in [-0.25, -0.2) is 0 Å².